The lowest BCUT2D eigenvalue weighted by molar-refractivity contribution is -0.705. The summed E-state index contributed by atoms with van der Waals surface area (Å²) in [6.45, 7) is 8.19. The summed E-state index contributed by atoms with van der Waals surface area (Å²) in [5, 5.41) is 0. The Hall–Kier alpha value is -0.850. The molecular formula is C53H102N+. The van der Waals surface area contributed by atoms with Crippen LogP contribution in [0.5, 0.6) is 0 Å². The van der Waals surface area contributed by atoms with Gasteiger partial charge in [0.15, 0.2) is 11.9 Å². The first kappa shape index (κ1) is 51.2. The van der Waals surface area contributed by atoms with Gasteiger partial charge in [-0.1, -0.05) is 265 Å². The van der Waals surface area contributed by atoms with E-state index in [1.807, 2.05) is 0 Å². The fourth-order valence-electron chi connectivity index (χ4n) is 8.85. The minimum Gasteiger partial charge on any atom is -0.202 e. The van der Waals surface area contributed by atoms with Crippen molar-refractivity contribution in [2.45, 2.75) is 310 Å². The van der Waals surface area contributed by atoms with Crippen LogP contribution in [0.15, 0.2) is 18.3 Å². The molecule has 0 aliphatic carbocycles. The summed E-state index contributed by atoms with van der Waals surface area (Å²) in [6.07, 6.45) is 65.7. The van der Waals surface area contributed by atoms with Gasteiger partial charge in [-0.15, -0.1) is 0 Å². The third-order valence-corrected chi connectivity index (χ3v) is 12.6. The van der Waals surface area contributed by atoms with Crippen LogP contribution in [0.2, 0.25) is 0 Å². The number of unbranched alkanes of at least 4 members (excludes halogenated alkanes) is 39. The molecule has 0 radical (unpaired) electrons. The quantitative estimate of drug-likeness (QED) is 0.0461. The van der Waals surface area contributed by atoms with Gasteiger partial charge in [-0.25, -0.2) is 4.57 Å². The molecular weight excluding hydrogens is 651 g/mol. The lowest BCUT2D eigenvalue weighted by Gasteiger charge is -2.11. The van der Waals surface area contributed by atoms with Crippen LogP contribution in [0.3, 0.4) is 0 Å². The van der Waals surface area contributed by atoms with Gasteiger partial charge >= 0.3 is 0 Å². The standard InChI is InChI=1S/C53H102N/c1-4-7-10-13-16-19-22-25-28-31-34-37-40-43-47-52-48-46-51-54(50-45-42-39-36-33-30-27-24-21-18-15-12-9-6-3)53(52)49-44-41-38-35-32-29-26-23-20-17-14-11-8-5-2/h46,48,51H,4-45,47,49-50H2,1-3H3/q+1. The van der Waals surface area contributed by atoms with Gasteiger partial charge < -0.3 is 0 Å². The lowest BCUT2D eigenvalue weighted by atomic mass is 9.99. The molecule has 0 aliphatic rings. The van der Waals surface area contributed by atoms with E-state index in [-0.39, 0.29) is 0 Å². The van der Waals surface area contributed by atoms with Crippen molar-refractivity contribution in [1.82, 2.24) is 0 Å². The van der Waals surface area contributed by atoms with E-state index in [0.717, 1.165) is 0 Å². The fraction of sp³-hybridized carbons (Fsp3) is 0.906. The molecule has 0 fully saturated rings. The van der Waals surface area contributed by atoms with Crippen LogP contribution in [0.1, 0.15) is 302 Å². The summed E-state index contributed by atoms with van der Waals surface area (Å²) in [5.74, 6) is 0. The van der Waals surface area contributed by atoms with E-state index in [1.54, 1.807) is 11.3 Å². The van der Waals surface area contributed by atoms with Crippen molar-refractivity contribution >= 4 is 0 Å². The third kappa shape index (κ3) is 34.4. The zero-order chi connectivity index (χ0) is 38.7. The van der Waals surface area contributed by atoms with Gasteiger partial charge in [-0.05, 0) is 31.7 Å². The molecule has 0 unspecified atom stereocenters. The fourth-order valence-corrected chi connectivity index (χ4v) is 8.85. The lowest BCUT2D eigenvalue weighted by Crippen LogP contribution is -2.39. The summed E-state index contributed by atoms with van der Waals surface area (Å²) in [6, 6.07) is 4.86. The minimum absolute atomic E-state index is 1.23. The van der Waals surface area contributed by atoms with E-state index >= 15 is 0 Å². The second-order valence-electron chi connectivity index (χ2n) is 18.0. The van der Waals surface area contributed by atoms with Crippen LogP contribution < -0.4 is 4.57 Å². The second-order valence-corrected chi connectivity index (χ2v) is 18.0. The molecule has 1 heteroatoms. The van der Waals surface area contributed by atoms with Crippen molar-refractivity contribution in [3.63, 3.8) is 0 Å². The summed E-state index contributed by atoms with van der Waals surface area (Å²) in [5.41, 5.74) is 3.37. The summed E-state index contributed by atoms with van der Waals surface area (Å²) in [4.78, 5) is 0. The van der Waals surface area contributed by atoms with Gasteiger partial charge in [0.2, 0.25) is 0 Å². The maximum Gasteiger partial charge on any atom is 0.184 e. The van der Waals surface area contributed by atoms with Crippen LogP contribution in [-0.4, -0.2) is 0 Å². The molecule has 1 heterocycles. The van der Waals surface area contributed by atoms with Crippen LogP contribution in [-0.2, 0) is 19.4 Å². The van der Waals surface area contributed by atoms with E-state index in [9.17, 15) is 0 Å². The summed E-state index contributed by atoms with van der Waals surface area (Å²) < 4.78 is 2.70. The van der Waals surface area contributed by atoms with Gasteiger partial charge in [0.25, 0.3) is 0 Å². The average Bonchev–Trinajstić information content (AvgIpc) is 3.18. The molecule has 0 saturated heterocycles. The van der Waals surface area contributed by atoms with E-state index < -0.39 is 0 Å². The highest BCUT2D eigenvalue weighted by atomic mass is 15.0. The van der Waals surface area contributed by atoms with Crippen LogP contribution in [0.4, 0.5) is 0 Å². The Morgan fingerprint density at radius 3 is 0.870 bits per heavy atom. The monoisotopic (exact) mass is 753 g/mol. The largest absolute Gasteiger partial charge is 0.202 e. The van der Waals surface area contributed by atoms with E-state index in [1.165, 1.54) is 289 Å². The molecule has 0 amide bonds. The molecule has 0 N–H and O–H groups in total. The number of hydrogen-bond donors (Lipinski definition) is 0. The Morgan fingerprint density at radius 2 is 0.556 bits per heavy atom. The van der Waals surface area contributed by atoms with Crippen molar-refractivity contribution in [3.05, 3.63) is 29.6 Å². The molecule has 0 saturated carbocycles. The number of hydrogen-bond acceptors (Lipinski definition) is 0. The third-order valence-electron chi connectivity index (χ3n) is 12.6. The van der Waals surface area contributed by atoms with Gasteiger partial charge in [0.05, 0.1) is 0 Å². The Morgan fingerprint density at radius 1 is 0.296 bits per heavy atom. The SMILES string of the molecule is CCCCCCCCCCCCCCCCc1ccc[n+](CCCCCCCCCCCCCCCC)c1CCCCCCCCCCCCCCCC. The number of aromatic nitrogens is 1. The molecule has 0 spiro atoms. The Bertz CT molecular complexity index is 793. The first-order valence-electron chi connectivity index (χ1n) is 25.8. The number of pyridine rings is 1. The van der Waals surface area contributed by atoms with Gasteiger partial charge in [0, 0.05) is 24.5 Å². The minimum atomic E-state index is 1.23. The van der Waals surface area contributed by atoms with E-state index in [0.29, 0.717) is 0 Å². The predicted molar refractivity (Wildman–Crippen MR) is 245 cm³/mol. The van der Waals surface area contributed by atoms with Crippen molar-refractivity contribution < 1.29 is 4.57 Å². The highest BCUT2D eigenvalue weighted by molar-refractivity contribution is 5.16. The molecule has 54 heavy (non-hydrogen) atoms. The second kappa shape index (κ2) is 43.3. The van der Waals surface area contributed by atoms with Gasteiger partial charge in [0.1, 0.15) is 6.54 Å². The predicted octanol–water partition coefficient (Wildman–Crippen LogP) is 18.5. The summed E-state index contributed by atoms with van der Waals surface area (Å²) in [7, 11) is 0. The van der Waals surface area contributed by atoms with E-state index in [4.69, 9.17) is 0 Å². The molecule has 318 valence electrons. The molecule has 0 bridgehead atoms. The summed E-state index contributed by atoms with van der Waals surface area (Å²) >= 11 is 0. The Kier molecular flexibility index (Phi) is 41.0. The van der Waals surface area contributed by atoms with E-state index in [2.05, 4.69) is 43.7 Å². The Labute approximate surface area is 342 Å². The highest BCUT2D eigenvalue weighted by Crippen LogP contribution is 2.19. The van der Waals surface area contributed by atoms with Gasteiger partial charge in [-0.2, -0.15) is 0 Å². The first-order valence-corrected chi connectivity index (χ1v) is 25.8. The first-order chi connectivity index (χ1) is 26.8. The molecule has 0 aromatic carbocycles. The van der Waals surface area contributed by atoms with Crippen molar-refractivity contribution in [2.24, 2.45) is 0 Å². The average molecular weight is 753 g/mol. The maximum absolute atomic E-state index is 2.70. The molecule has 1 aromatic rings. The van der Waals surface area contributed by atoms with Gasteiger partial charge in [-0.3, -0.25) is 0 Å². The molecule has 0 aliphatic heterocycles. The smallest absolute Gasteiger partial charge is 0.184 e. The molecule has 1 rings (SSSR count). The zero-order valence-corrected chi connectivity index (χ0v) is 38.0. The van der Waals surface area contributed by atoms with Crippen molar-refractivity contribution in [1.29, 1.82) is 0 Å². The van der Waals surface area contributed by atoms with Crippen LogP contribution in [0, 0.1) is 0 Å². The molecule has 1 nitrogen and oxygen atoms in total. The van der Waals surface area contributed by atoms with Crippen molar-refractivity contribution in [2.75, 3.05) is 0 Å². The maximum atomic E-state index is 2.70. The zero-order valence-electron chi connectivity index (χ0n) is 38.0. The van der Waals surface area contributed by atoms with Crippen molar-refractivity contribution in [3.8, 4) is 0 Å². The molecule has 1 aromatic heterocycles. The number of nitrogens with zero attached hydrogens (tertiary/aromatic N) is 1. The number of aryl methyl sites for hydroxylation is 2. The van der Waals surface area contributed by atoms with Crippen LogP contribution >= 0.6 is 0 Å². The number of rotatable bonds is 45. The molecule has 0 atom stereocenters. The highest BCUT2D eigenvalue weighted by Gasteiger charge is 2.15. The topological polar surface area (TPSA) is 3.88 Å². The normalized spacial score (nSPS) is 11.6. The Balaban J connectivity index is 2.33. The van der Waals surface area contributed by atoms with Crippen LogP contribution in [0.25, 0.3) is 0 Å².